The lowest BCUT2D eigenvalue weighted by molar-refractivity contribution is -0.400. The highest BCUT2D eigenvalue weighted by molar-refractivity contribution is 8.76. The molecule has 14 N–H and O–H groups in total. The summed E-state index contributed by atoms with van der Waals surface area (Å²) in [6.07, 6.45) is 1.49. The second-order valence-corrected chi connectivity index (χ2v) is 21.3. The van der Waals surface area contributed by atoms with Crippen LogP contribution < -0.4 is 58.9 Å². The maximum Gasteiger partial charge on any atom is 0.305 e. The highest BCUT2D eigenvalue weighted by atomic mass is 33.1. The van der Waals surface area contributed by atoms with Crippen molar-refractivity contribution in [2.45, 2.75) is 94.2 Å². The molecule has 2 bridgehead atoms. The van der Waals surface area contributed by atoms with Gasteiger partial charge < -0.3 is 64.0 Å². The molecule has 2 aliphatic rings. The van der Waals surface area contributed by atoms with Crippen LogP contribution in [0.25, 0.3) is 6.08 Å². The number of amides is 9. The fourth-order valence-corrected chi connectivity index (χ4v) is 10.7. The number of unbranched alkanes of at least 4 members (excludes halogenated alkanes) is 1. The Labute approximate surface area is 459 Å². The fraction of sp³-hybridized carbons (Fsp3) is 0.458. The van der Waals surface area contributed by atoms with Crippen LogP contribution in [0.2, 0.25) is 0 Å². The molecule has 7 atom stereocenters. The second kappa shape index (κ2) is 32.8. The van der Waals surface area contributed by atoms with Crippen LogP contribution in [0.5, 0.6) is 0 Å². The quantitative estimate of drug-likeness (QED) is 0.0205. The Morgan fingerprint density at radius 1 is 0.705 bits per heavy atom. The van der Waals surface area contributed by atoms with E-state index in [9.17, 15) is 68.0 Å². The monoisotopic (exact) mass is 1140 g/mol. The zero-order valence-corrected chi connectivity index (χ0v) is 44.7. The number of carboxylic acid groups (broad SMARTS) is 1. The zero-order valence-electron chi connectivity index (χ0n) is 42.3. The van der Waals surface area contributed by atoms with Crippen LogP contribution >= 0.6 is 33.3 Å². The van der Waals surface area contributed by atoms with Gasteiger partial charge in [-0.3, -0.25) is 68.3 Å². The molecule has 2 aliphatic heterocycles. The number of carboxylic acids is 1. The summed E-state index contributed by atoms with van der Waals surface area (Å²) < 4.78 is 0. The van der Waals surface area contributed by atoms with Crippen molar-refractivity contribution in [3.8, 4) is 0 Å². The second-order valence-electron chi connectivity index (χ2n) is 17.7. The van der Waals surface area contributed by atoms with Gasteiger partial charge in [0.2, 0.25) is 53.5 Å². The number of carbonyl (C=O) groups is 11. The van der Waals surface area contributed by atoms with Gasteiger partial charge in [0.1, 0.15) is 36.3 Å². The number of benzene rings is 2. The molecule has 0 aliphatic carbocycles. The Bertz CT molecular complexity index is 2540. The number of nitrogens with two attached hydrogens (primary N) is 1. The van der Waals surface area contributed by atoms with Crippen LogP contribution in [0.15, 0.2) is 60.8 Å². The van der Waals surface area contributed by atoms with Crippen LogP contribution in [0.4, 0.5) is 0 Å². The Morgan fingerprint density at radius 3 is 1.90 bits per heavy atom. The van der Waals surface area contributed by atoms with E-state index in [4.69, 9.17) is 11.1 Å². The summed E-state index contributed by atoms with van der Waals surface area (Å²) in [4.78, 5) is 159. The standard InChI is InChI=1S/C48H63N13O14S3/c1-27(62)35-23-76-26-39(64)54-32(10-5-6-17-51-41(67)30-14-12-28(13-15-30)16-19-61(74)75)43(69)59-36-24-77-78-25-37(47(73)57-33(44(70)58-35)20-29-8-3-2-4-9-29)60-45(71)34(21-40(65)66)55-38(63)22-53-42(68)31(56-46(36)72)11-7-18-52-48(49)50/h2-4,8-9,12-16,19,31-37H,5-7,10-11,17-18,20-26H2,1H3,(H,51,67)(H,53,68)(H,54,64)(H,55,63)(H,56,72)(H,57,73)(H,58,70)(H,59,69)(H,60,71)(H,65,66)(H4,49,50,52)/b19-16+/t31-,32-,33-,34-,35-,36-,37-/m0/s1. The fourth-order valence-electron chi connectivity index (χ4n) is 7.44. The van der Waals surface area contributed by atoms with Gasteiger partial charge in [-0.25, -0.2) is 0 Å². The van der Waals surface area contributed by atoms with E-state index in [1.165, 1.54) is 37.3 Å². The van der Waals surface area contributed by atoms with Gasteiger partial charge in [-0.1, -0.05) is 64.1 Å². The first-order chi connectivity index (χ1) is 37.2. The van der Waals surface area contributed by atoms with Crippen molar-refractivity contribution < 1.29 is 62.8 Å². The van der Waals surface area contributed by atoms with Crippen molar-refractivity contribution in [2.75, 3.05) is 42.6 Å². The highest BCUT2D eigenvalue weighted by Gasteiger charge is 2.35. The minimum Gasteiger partial charge on any atom is -0.481 e. The van der Waals surface area contributed by atoms with Crippen molar-refractivity contribution in [1.82, 2.24) is 53.2 Å². The van der Waals surface area contributed by atoms with Crippen LogP contribution in [0.3, 0.4) is 0 Å². The van der Waals surface area contributed by atoms with Gasteiger partial charge >= 0.3 is 5.97 Å². The Hall–Kier alpha value is -7.73. The van der Waals surface area contributed by atoms with E-state index in [0.29, 0.717) is 17.5 Å². The van der Waals surface area contributed by atoms with Gasteiger partial charge in [-0.2, -0.15) is 0 Å². The number of thioether (sulfide) groups is 1. The Balaban J connectivity index is 1.70. The molecular formula is C48H63N13O14S3. The maximum absolute atomic E-state index is 14.3. The number of fused-ring (bicyclic) bond motifs is 5. The summed E-state index contributed by atoms with van der Waals surface area (Å²) in [6.45, 7) is 0.595. The first-order valence-corrected chi connectivity index (χ1v) is 28.1. The summed E-state index contributed by atoms with van der Waals surface area (Å²) in [6, 6.07) is 4.46. The molecule has 78 heavy (non-hydrogen) atoms. The Morgan fingerprint density at radius 2 is 1.28 bits per heavy atom. The van der Waals surface area contributed by atoms with Crippen LogP contribution in [0.1, 0.15) is 66.9 Å². The third-order valence-electron chi connectivity index (χ3n) is 11.5. The van der Waals surface area contributed by atoms with E-state index in [1.807, 2.05) is 0 Å². The van der Waals surface area contributed by atoms with E-state index < -0.39 is 125 Å². The lowest BCUT2D eigenvalue weighted by atomic mass is 10.0. The number of Topliss-reactive ketones (excluding diaryl/α,β-unsaturated/α-hetero) is 1. The number of rotatable bonds is 17. The zero-order chi connectivity index (χ0) is 57.1. The molecule has 2 heterocycles. The minimum absolute atomic E-state index is 0.0314. The van der Waals surface area contributed by atoms with Gasteiger partial charge in [-0.15, -0.1) is 11.8 Å². The lowest BCUT2D eigenvalue weighted by Crippen LogP contribution is -2.59. The molecule has 30 heteroatoms. The predicted octanol–water partition coefficient (Wildman–Crippen LogP) is -1.94. The van der Waals surface area contributed by atoms with Gasteiger partial charge in [0.15, 0.2) is 11.7 Å². The van der Waals surface area contributed by atoms with Crippen molar-refractivity contribution in [1.29, 1.82) is 5.41 Å². The van der Waals surface area contributed by atoms with E-state index in [0.717, 1.165) is 39.5 Å². The van der Waals surface area contributed by atoms with Crippen LogP contribution in [-0.2, 0) is 54.4 Å². The van der Waals surface area contributed by atoms with Crippen molar-refractivity contribution >= 4 is 110 Å². The van der Waals surface area contributed by atoms with Crippen molar-refractivity contribution in [3.63, 3.8) is 0 Å². The SMILES string of the molecule is CC(=O)[C@@H]1CSCC(=O)N[C@@H](CCCCNC(=O)c2ccc(/C=C/[N+](=O)[O-])cc2)C(=O)N[C@H]2CSSC[C@H](NC(=O)[C@H](CC(=O)O)NC(=O)CNC(=O)[C@H](CCCNC(=N)N)NC2=O)C(=O)N[C@@H](Cc2ccccc2)C(=O)N1. The van der Waals surface area contributed by atoms with Crippen LogP contribution in [-0.4, -0.2) is 166 Å². The summed E-state index contributed by atoms with van der Waals surface area (Å²) in [5.74, 6) is -11.1. The molecule has 2 fully saturated rings. The molecule has 0 unspecified atom stereocenters. The molecule has 0 saturated carbocycles. The summed E-state index contributed by atoms with van der Waals surface area (Å²) >= 11 is 0.946. The molecule has 9 amide bonds. The number of hydrogen-bond donors (Lipinski definition) is 13. The first kappa shape index (κ1) is 62.8. The normalized spacial score (nSPS) is 22.7. The molecule has 0 radical (unpaired) electrons. The number of guanidine groups is 1. The average molecular weight is 1140 g/mol. The van der Waals surface area contributed by atoms with Gasteiger partial charge in [0.05, 0.1) is 29.7 Å². The number of nitro groups is 1. The number of hydrogen-bond acceptors (Lipinski definition) is 17. The van der Waals surface area contributed by atoms with E-state index >= 15 is 0 Å². The van der Waals surface area contributed by atoms with Crippen molar-refractivity contribution in [3.05, 3.63) is 87.6 Å². The van der Waals surface area contributed by atoms with E-state index in [2.05, 4.69) is 53.2 Å². The van der Waals surface area contributed by atoms with Crippen molar-refractivity contribution in [2.24, 2.45) is 5.73 Å². The molecule has 2 saturated heterocycles. The highest BCUT2D eigenvalue weighted by Crippen LogP contribution is 2.24. The molecule has 4 rings (SSSR count). The third-order valence-corrected chi connectivity index (χ3v) is 15.0. The summed E-state index contributed by atoms with van der Waals surface area (Å²) in [7, 11) is 1.85. The number of nitrogens with one attached hydrogen (secondary N) is 11. The smallest absolute Gasteiger partial charge is 0.305 e. The summed E-state index contributed by atoms with van der Waals surface area (Å²) in [5.41, 5.74) is 6.77. The third kappa shape index (κ3) is 22.9. The number of ketones is 1. The van der Waals surface area contributed by atoms with E-state index in [-0.39, 0.29) is 79.7 Å². The number of nitrogens with zero attached hydrogens (tertiary/aromatic N) is 1. The molecule has 2 aromatic rings. The molecule has 27 nitrogen and oxygen atoms in total. The predicted molar refractivity (Wildman–Crippen MR) is 290 cm³/mol. The lowest BCUT2D eigenvalue weighted by Gasteiger charge is -2.27. The van der Waals surface area contributed by atoms with Gasteiger partial charge in [0.25, 0.3) is 5.91 Å². The first-order valence-electron chi connectivity index (χ1n) is 24.4. The molecule has 0 spiro atoms. The van der Waals surface area contributed by atoms with Gasteiger partial charge in [-0.05, 0) is 62.3 Å². The van der Waals surface area contributed by atoms with Gasteiger partial charge in [0, 0.05) is 48.4 Å². The number of carbonyl (C=O) groups excluding carboxylic acids is 10. The minimum atomic E-state index is -1.79. The van der Waals surface area contributed by atoms with Crippen LogP contribution in [0, 0.1) is 15.5 Å². The average Bonchev–Trinajstić information content (AvgIpc) is 3.39. The maximum atomic E-state index is 14.3. The largest absolute Gasteiger partial charge is 0.481 e. The molecular weight excluding hydrogens is 1080 g/mol. The summed E-state index contributed by atoms with van der Waals surface area (Å²) in [5, 5.41) is 53.5. The Kier molecular flexibility index (Phi) is 26.4. The molecule has 0 aromatic heterocycles. The molecule has 422 valence electrons. The molecule has 2 aromatic carbocycles. The number of aliphatic carboxylic acids is 1. The topological polar surface area (TPSA) is 421 Å². The van der Waals surface area contributed by atoms with E-state index in [1.54, 1.807) is 30.3 Å².